The standard InChI is InChI=1S/C14H17N5O2S/c1-2-5-15-14(22)16-10-3-4-11(13-12(10)17-21-18-13)19-6-8-20-9-7-19/h2-4H,1,5-9H2,(H2,15,16,22). The van der Waals surface area contributed by atoms with Crippen LogP contribution in [0.3, 0.4) is 0 Å². The minimum Gasteiger partial charge on any atom is -0.378 e. The van der Waals surface area contributed by atoms with E-state index in [9.17, 15) is 0 Å². The maximum Gasteiger partial charge on any atom is 0.171 e. The van der Waals surface area contributed by atoms with Gasteiger partial charge < -0.3 is 20.3 Å². The first-order valence-corrected chi connectivity index (χ1v) is 7.44. The van der Waals surface area contributed by atoms with E-state index in [-0.39, 0.29) is 0 Å². The van der Waals surface area contributed by atoms with Gasteiger partial charge in [0.2, 0.25) is 0 Å². The van der Waals surface area contributed by atoms with Crippen molar-refractivity contribution in [2.45, 2.75) is 0 Å². The zero-order chi connectivity index (χ0) is 15.4. The van der Waals surface area contributed by atoms with E-state index < -0.39 is 0 Å². The van der Waals surface area contributed by atoms with E-state index in [2.05, 4.69) is 32.4 Å². The molecular weight excluding hydrogens is 302 g/mol. The van der Waals surface area contributed by atoms with Gasteiger partial charge in [0.1, 0.15) is 0 Å². The van der Waals surface area contributed by atoms with Crippen LogP contribution >= 0.6 is 12.2 Å². The molecule has 22 heavy (non-hydrogen) atoms. The third kappa shape index (κ3) is 3.02. The fraction of sp³-hybridized carbons (Fsp3) is 0.357. The molecule has 3 rings (SSSR count). The number of nitrogens with zero attached hydrogens (tertiary/aromatic N) is 3. The van der Waals surface area contributed by atoms with Crippen molar-refractivity contribution in [3.05, 3.63) is 24.8 Å². The highest BCUT2D eigenvalue weighted by Crippen LogP contribution is 2.30. The number of anilines is 2. The predicted molar refractivity (Wildman–Crippen MR) is 89.3 cm³/mol. The van der Waals surface area contributed by atoms with Crippen LogP contribution in [0.2, 0.25) is 0 Å². The van der Waals surface area contributed by atoms with Gasteiger partial charge in [-0.3, -0.25) is 0 Å². The van der Waals surface area contributed by atoms with Gasteiger partial charge >= 0.3 is 0 Å². The highest BCUT2D eigenvalue weighted by atomic mass is 32.1. The van der Waals surface area contributed by atoms with E-state index in [4.69, 9.17) is 21.6 Å². The second-order valence-corrected chi connectivity index (χ2v) is 5.23. The zero-order valence-corrected chi connectivity index (χ0v) is 12.9. The zero-order valence-electron chi connectivity index (χ0n) is 12.0. The monoisotopic (exact) mass is 319 g/mol. The van der Waals surface area contributed by atoms with Gasteiger partial charge in [-0.05, 0) is 34.7 Å². The fourth-order valence-electron chi connectivity index (χ4n) is 2.35. The Kier molecular flexibility index (Phi) is 4.50. The van der Waals surface area contributed by atoms with Crippen molar-refractivity contribution in [1.29, 1.82) is 0 Å². The molecule has 0 radical (unpaired) electrons. The molecule has 8 heteroatoms. The van der Waals surface area contributed by atoms with Crippen LogP contribution in [-0.4, -0.2) is 48.3 Å². The molecule has 0 atom stereocenters. The SMILES string of the molecule is C=CCNC(=S)Nc1ccc(N2CCOCC2)c2nonc12. The Hall–Kier alpha value is -2.19. The topological polar surface area (TPSA) is 75.5 Å². The van der Waals surface area contributed by atoms with Gasteiger partial charge in [-0.2, -0.15) is 0 Å². The number of benzene rings is 1. The number of hydrogen-bond donors (Lipinski definition) is 2. The van der Waals surface area contributed by atoms with E-state index in [1.807, 2.05) is 12.1 Å². The molecule has 1 aliphatic rings. The van der Waals surface area contributed by atoms with Gasteiger partial charge in [0.15, 0.2) is 16.1 Å². The summed E-state index contributed by atoms with van der Waals surface area (Å²) in [5, 5.41) is 14.6. The molecule has 1 aromatic heterocycles. The van der Waals surface area contributed by atoms with E-state index in [0.29, 0.717) is 30.4 Å². The Bertz CT molecular complexity index is 681. The molecule has 1 saturated heterocycles. The first-order chi connectivity index (χ1) is 10.8. The van der Waals surface area contributed by atoms with Gasteiger partial charge in [0.05, 0.1) is 24.6 Å². The van der Waals surface area contributed by atoms with E-state index in [1.54, 1.807) is 6.08 Å². The molecule has 7 nitrogen and oxygen atoms in total. The first kappa shape index (κ1) is 14.7. The van der Waals surface area contributed by atoms with Crippen molar-refractivity contribution in [3.63, 3.8) is 0 Å². The van der Waals surface area contributed by atoms with Crippen LogP contribution in [0.15, 0.2) is 29.4 Å². The third-order valence-corrected chi connectivity index (χ3v) is 3.65. The summed E-state index contributed by atoms with van der Waals surface area (Å²) in [4.78, 5) is 2.22. The Labute approximate surface area is 133 Å². The molecule has 0 bridgehead atoms. The lowest BCUT2D eigenvalue weighted by molar-refractivity contribution is 0.123. The summed E-state index contributed by atoms with van der Waals surface area (Å²) in [5.41, 5.74) is 3.13. The molecule has 1 aliphatic heterocycles. The Morgan fingerprint density at radius 3 is 2.86 bits per heavy atom. The summed E-state index contributed by atoms with van der Waals surface area (Å²) in [7, 11) is 0. The number of hydrogen-bond acceptors (Lipinski definition) is 6. The van der Waals surface area contributed by atoms with Gasteiger partial charge in [0, 0.05) is 19.6 Å². The number of aromatic nitrogens is 2. The Morgan fingerprint density at radius 2 is 2.09 bits per heavy atom. The molecule has 0 saturated carbocycles. The lowest BCUT2D eigenvalue weighted by Crippen LogP contribution is -2.36. The second-order valence-electron chi connectivity index (χ2n) is 4.82. The summed E-state index contributed by atoms with van der Waals surface area (Å²) in [6.07, 6.45) is 1.74. The van der Waals surface area contributed by atoms with Crippen LogP contribution in [-0.2, 0) is 4.74 Å². The summed E-state index contributed by atoms with van der Waals surface area (Å²) in [6, 6.07) is 3.93. The molecule has 2 N–H and O–H groups in total. The molecule has 2 heterocycles. The van der Waals surface area contributed by atoms with Crippen LogP contribution in [0.25, 0.3) is 11.0 Å². The predicted octanol–water partition coefficient (Wildman–Crippen LogP) is 1.53. The molecule has 1 aromatic carbocycles. The molecule has 2 aromatic rings. The highest BCUT2D eigenvalue weighted by Gasteiger charge is 2.19. The lowest BCUT2D eigenvalue weighted by atomic mass is 10.2. The molecular formula is C14H17N5O2S. The van der Waals surface area contributed by atoms with Gasteiger partial charge in [-0.15, -0.1) is 6.58 Å². The van der Waals surface area contributed by atoms with Crippen molar-refractivity contribution >= 4 is 39.7 Å². The van der Waals surface area contributed by atoms with E-state index in [1.165, 1.54) is 0 Å². The largest absolute Gasteiger partial charge is 0.378 e. The molecule has 0 amide bonds. The highest BCUT2D eigenvalue weighted by molar-refractivity contribution is 7.80. The number of rotatable bonds is 4. The number of thiocarbonyl (C=S) groups is 1. The normalized spacial score (nSPS) is 14.8. The molecule has 1 fully saturated rings. The van der Waals surface area contributed by atoms with Crippen LogP contribution in [0.1, 0.15) is 0 Å². The lowest BCUT2D eigenvalue weighted by Gasteiger charge is -2.28. The summed E-state index contributed by atoms with van der Waals surface area (Å²) in [5.74, 6) is 0. The molecule has 0 unspecified atom stereocenters. The molecule has 0 spiro atoms. The Morgan fingerprint density at radius 1 is 1.32 bits per heavy atom. The number of morpholine rings is 1. The fourth-order valence-corrected chi connectivity index (χ4v) is 2.54. The van der Waals surface area contributed by atoms with Gasteiger partial charge in [-0.1, -0.05) is 6.08 Å². The number of fused-ring (bicyclic) bond motifs is 1. The smallest absolute Gasteiger partial charge is 0.171 e. The van der Waals surface area contributed by atoms with Crippen molar-refractivity contribution in [1.82, 2.24) is 15.6 Å². The van der Waals surface area contributed by atoms with Crippen molar-refractivity contribution in [2.24, 2.45) is 0 Å². The summed E-state index contributed by atoms with van der Waals surface area (Å²) < 4.78 is 10.3. The average molecular weight is 319 g/mol. The van der Waals surface area contributed by atoms with Crippen LogP contribution in [0, 0.1) is 0 Å². The first-order valence-electron chi connectivity index (χ1n) is 7.03. The van der Waals surface area contributed by atoms with Crippen LogP contribution in [0.4, 0.5) is 11.4 Å². The van der Waals surface area contributed by atoms with E-state index >= 15 is 0 Å². The maximum atomic E-state index is 5.38. The second kappa shape index (κ2) is 6.71. The Balaban J connectivity index is 1.86. The average Bonchev–Trinajstić information content (AvgIpc) is 3.04. The number of nitrogens with one attached hydrogen (secondary N) is 2. The minimum atomic E-state index is 0.503. The molecule has 116 valence electrons. The number of ether oxygens (including phenoxy) is 1. The minimum absolute atomic E-state index is 0.503. The third-order valence-electron chi connectivity index (χ3n) is 3.40. The summed E-state index contributed by atoms with van der Waals surface area (Å²) >= 11 is 5.22. The van der Waals surface area contributed by atoms with Gasteiger partial charge in [0.25, 0.3) is 0 Å². The maximum absolute atomic E-state index is 5.38. The molecule has 0 aliphatic carbocycles. The van der Waals surface area contributed by atoms with Crippen molar-refractivity contribution < 1.29 is 9.37 Å². The van der Waals surface area contributed by atoms with Gasteiger partial charge in [-0.25, -0.2) is 4.63 Å². The van der Waals surface area contributed by atoms with E-state index in [0.717, 1.165) is 30.0 Å². The summed E-state index contributed by atoms with van der Waals surface area (Å²) in [6.45, 7) is 7.31. The van der Waals surface area contributed by atoms with Crippen LogP contribution in [0.5, 0.6) is 0 Å². The quantitative estimate of drug-likeness (QED) is 0.649. The van der Waals surface area contributed by atoms with Crippen molar-refractivity contribution in [3.8, 4) is 0 Å². The van der Waals surface area contributed by atoms with Crippen molar-refractivity contribution in [2.75, 3.05) is 43.1 Å². The van der Waals surface area contributed by atoms with Crippen LogP contribution < -0.4 is 15.5 Å².